The van der Waals surface area contributed by atoms with Crippen LogP contribution in [0.2, 0.25) is 0 Å². The lowest BCUT2D eigenvalue weighted by molar-refractivity contribution is 0.764. The van der Waals surface area contributed by atoms with Crippen LogP contribution in [0.1, 0.15) is 42.5 Å². The van der Waals surface area contributed by atoms with E-state index in [1.165, 1.54) is 24.2 Å². The van der Waals surface area contributed by atoms with Crippen LogP contribution in [0.25, 0.3) is 0 Å². The minimum Gasteiger partial charge on any atom is -0.375 e. The van der Waals surface area contributed by atoms with Gasteiger partial charge in [0.15, 0.2) is 11.0 Å². The molecule has 2 aromatic rings. The van der Waals surface area contributed by atoms with Gasteiger partial charge in [0.05, 0.1) is 5.69 Å². The highest BCUT2D eigenvalue weighted by Gasteiger charge is 2.27. The minimum absolute atomic E-state index is 0.623. The molecule has 0 atom stereocenters. The Hall–Kier alpha value is -1.43. The van der Waals surface area contributed by atoms with E-state index in [0.717, 1.165) is 36.6 Å². The second-order valence-electron chi connectivity index (χ2n) is 4.45. The summed E-state index contributed by atoms with van der Waals surface area (Å²) in [6.45, 7) is 0. The first-order chi connectivity index (χ1) is 8.31. The van der Waals surface area contributed by atoms with Gasteiger partial charge in [-0.2, -0.15) is 5.10 Å². The average Bonchev–Trinajstić information content (AvgIpc) is 2.93. The Morgan fingerprint density at radius 1 is 1.35 bits per heavy atom. The molecular weight excluding hydrogens is 234 g/mol. The largest absolute Gasteiger partial charge is 0.375 e. The highest BCUT2D eigenvalue weighted by atomic mass is 32.1. The first-order valence-electron chi connectivity index (χ1n) is 5.92. The number of hydrogen-bond acceptors (Lipinski definition) is 5. The van der Waals surface area contributed by atoms with Crippen molar-refractivity contribution in [3.63, 3.8) is 0 Å². The van der Waals surface area contributed by atoms with Crippen molar-refractivity contribution in [3.8, 4) is 0 Å². The van der Waals surface area contributed by atoms with E-state index in [1.54, 1.807) is 0 Å². The van der Waals surface area contributed by atoms with Gasteiger partial charge in [-0.1, -0.05) is 0 Å². The van der Waals surface area contributed by atoms with Crippen LogP contribution in [-0.2, 0) is 12.8 Å². The van der Waals surface area contributed by atoms with Crippen molar-refractivity contribution in [2.45, 2.75) is 38.0 Å². The predicted octanol–water partition coefficient (Wildman–Crippen LogP) is 1.90. The van der Waals surface area contributed by atoms with Crippen LogP contribution in [0.4, 0.5) is 5.13 Å². The number of aromatic nitrogens is 4. The second-order valence-corrected chi connectivity index (χ2v) is 5.33. The fourth-order valence-electron chi connectivity index (χ4n) is 1.82. The number of aromatic amines is 1. The summed E-state index contributed by atoms with van der Waals surface area (Å²) in [5.41, 5.74) is 6.66. The SMILES string of the molecule is Nc1nc(CCCc2nc(C3CC3)n[nH]2)cs1. The lowest BCUT2D eigenvalue weighted by atomic mass is 10.2. The van der Waals surface area contributed by atoms with Crippen LogP contribution in [0.5, 0.6) is 0 Å². The maximum Gasteiger partial charge on any atom is 0.180 e. The zero-order valence-corrected chi connectivity index (χ0v) is 10.3. The van der Waals surface area contributed by atoms with Crippen LogP contribution in [-0.4, -0.2) is 20.2 Å². The molecule has 2 aromatic heterocycles. The fourth-order valence-corrected chi connectivity index (χ4v) is 2.42. The van der Waals surface area contributed by atoms with E-state index in [9.17, 15) is 0 Å². The molecule has 0 aromatic carbocycles. The van der Waals surface area contributed by atoms with E-state index in [0.29, 0.717) is 11.0 Å². The molecular formula is C11H15N5S. The van der Waals surface area contributed by atoms with Gasteiger partial charge >= 0.3 is 0 Å². The quantitative estimate of drug-likeness (QED) is 0.848. The summed E-state index contributed by atoms with van der Waals surface area (Å²) >= 11 is 1.50. The predicted molar refractivity (Wildman–Crippen MR) is 66.9 cm³/mol. The second kappa shape index (κ2) is 4.44. The van der Waals surface area contributed by atoms with Gasteiger partial charge in [-0.3, -0.25) is 5.10 Å². The number of aryl methyl sites for hydroxylation is 2. The van der Waals surface area contributed by atoms with E-state index in [2.05, 4.69) is 20.2 Å². The van der Waals surface area contributed by atoms with E-state index in [4.69, 9.17) is 5.73 Å². The standard InChI is InChI=1S/C11H15N5S/c12-11-13-8(6-17-11)2-1-3-9-14-10(16-15-9)7-4-5-7/h6-7H,1-5H2,(H2,12,13)(H,14,15,16). The lowest BCUT2D eigenvalue weighted by Gasteiger charge is -1.94. The lowest BCUT2D eigenvalue weighted by Crippen LogP contribution is -1.93. The fraction of sp³-hybridized carbons (Fsp3) is 0.545. The summed E-state index contributed by atoms with van der Waals surface area (Å²) in [6.07, 6.45) is 5.40. The Bertz CT molecular complexity index is 499. The molecule has 17 heavy (non-hydrogen) atoms. The Morgan fingerprint density at radius 3 is 2.94 bits per heavy atom. The zero-order chi connectivity index (χ0) is 11.7. The number of nitrogen functional groups attached to an aromatic ring is 1. The van der Waals surface area contributed by atoms with E-state index in [1.807, 2.05) is 5.38 Å². The Morgan fingerprint density at radius 2 is 2.24 bits per heavy atom. The molecule has 1 fully saturated rings. The topological polar surface area (TPSA) is 80.5 Å². The molecule has 90 valence electrons. The molecule has 0 saturated heterocycles. The van der Waals surface area contributed by atoms with Crippen LogP contribution >= 0.6 is 11.3 Å². The summed E-state index contributed by atoms with van der Waals surface area (Å²) in [5, 5.41) is 9.92. The first kappa shape index (κ1) is 10.7. The van der Waals surface area contributed by atoms with Crippen molar-refractivity contribution in [3.05, 3.63) is 22.7 Å². The van der Waals surface area contributed by atoms with E-state index in [-0.39, 0.29) is 0 Å². The van der Waals surface area contributed by atoms with E-state index >= 15 is 0 Å². The van der Waals surface area contributed by atoms with Gasteiger partial charge in [0.1, 0.15) is 5.82 Å². The van der Waals surface area contributed by atoms with Gasteiger partial charge in [-0.05, 0) is 25.7 Å². The number of nitrogens with one attached hydrogen (secondary N) is 1. The van der Waals surface area contributed by atoms with Gasteiger partial charge in [0.2, 0.25) is 0 Å². The zero-order valence-electron chi connectivity index (χ0n) is 9.52. The third kappa shape index (κ3) is 2.63. The number of H-pyrrole nitrogens is 1. The smallest absolute Gasteiger partial charge is 0.180 e. The summed E-state index contributed by atoms with van der Waals surface area (Å²) in [7, 11) is 0. The maximum absolute atomic E-state index is 5.58. The molecule has 0 unspecified atom stereocenters. The normalized spacial score (nSPS) is 15.3. The number of hydrogen-bond donors (Lipinski definition) is 2. The third-order valence-corrected chi connectivity index (χ3v) is 3.63. The molecule has 1 aliphatic rings. The molecule has 3 N–H and O–H groups in total. The highest BCUT2D eigenvalue weighted by molar-refractivity contribution is 7.13. The third-order valence-electron chi connectivity index (χ3n) is 2.91. The molecule has 2 heterocycles. The highest BCUT2D eigenvalue weighted by Crippen LogP contribution is 2.37. The Kier molecular flexibility index (Phi) is 2.80. The number of thiazole rings is 1. The van der Waals surface area contributed by atoms with Crippen molar-refractivity contribution >= 4 is 16.5 Å². The summed E-state index contributed by atoms with van der Waals surface area (Å²) < 4.78 is 0. The van der Waals surface area contributed by atoms with E-state index < -0.39 is 0 Å². The number of rotatable bonds is 5. The summed E-state index contributed by atoms with van der Waals surface area (Å²) in [4.78, 5) is 8.73. The molecule has 3 rings (SSSR count). The summed E-state index contributed by atoms with van der Waals surface area (Å²) in [6, 6.07) is 0. The molecule has 0 aliphatic heterocycles. The number of nitrogens with zero attached hydrogens (tertiary/aromatic N) is 3. The molecule has 5 nitrogen and oxygen atoms in total. The van der Waals surface area contributed by atoms with Crippen LogP contribution in [0, 0.1) is 0 Å². The molecule has 0 spiro atoms. The first-order valence-corrected chi connectivity index (χ1v) is 6.80. The molecule has 0 radical (unpaired) electrons. The van der Waals surface area contributed by atoms with Crippen molar-refractivity contribution in [1.82, 2.24) is 20.2 Å². The molecule has 1 aliphatic carbocycles. The molecule has 1 saturated carbocycles. The Labute approximate surface area is 103 Å². The molecule has 6 heteroatoms. The van der Waals surface area contributed by atoms with Gasteiger partial charge in [-0.25, -0.2) is 9.97 Å². The monoisotopic (exact) mass is 249 g/mol. The van der Waals surface area contributed by atoms with Crippen molar-refractivity contribution < 1.29 is 0 Å². The van der Waals surface area contributed by atoms with Crippen LogP contribution < -0.4 is 5.73 Å². The molecule has 0 bridgehead atoms. The van der Waals surface area contributed by atoms with Crippen LogP contribution in [0.15, 0.2) is 5.38 Å². The van der Waals surface area contributed by atoms with Crippen LogP contribution in [0.3, 0.4) is 0 Å². The molecule has 0 amide bonds. The van der Waals surface area contributed by atoms with Crippen molar-refractivity contribution in [1.29, 1.82) is 0 Å². The Balaban J connectivity index is 1.49. The van der Waals surface area contributed by atoms with Gasteiger partial charge < -0.3 is 5.73 Å². The minimum atomic E-state index is 0.623. The van der Waals surface area contributed by atoms with Crippen molar-refractivity contribution in [2.24, 2.45) is 0 Å². The van der Waals surface area contributed by atoms with Gasteiger partial charge in [0, 0.05) is 17.7 Å². The van der Waals surface area contributed by atoms with Gasteiger partial charge in [-0.15, -0.1) is 11.3 Å². The van der Waals surface area contributed by atoms with Gasteiger partial charge in [0.25, 0.3) is 0 Å². The number of nitrogens with two attached hydrogens (primary N) is 1. The van der Waals surface area contributed by atoms with Crippen molar-refractivity contribution in [2.75, 3.05) is 5.73 Å². The average molecular weight is 249 g/mol. The summed E-state index contributed by atoms with van der Waals surface area (Å²) in [5.74, 6) is 2.62. The number of anilines is 1. The maximum atomic E-state index is 5.58.